The molecule has 1 aromatic rings. The van der Waals surface area contributed by atoms with Gasteiger partial charge in [-0.2, -0.15) is 4.31 Å². The lowest BCUT2D eigenvalue weighted by molar-refractivity contribution is -0.132. The fourth-order valence-electron chi connectivity index (χ4n) is 4.15. The number of sulfonamides is 1. The smallest absolute Gasteiger partial charge is 0.243 e. The molecule has 6 nitrogen and oxygen atoms in total. The van der Waals surface area contributed by atoms with Crippen molar-refractivity contribution in [3.63, 3.8) is 0 Å². The molecule has 28 heavy (non-hydrogen) atoms. The standard InChI is InChI=1S/C20H31N3O3S.ClH/c1-14-12-15(2)17(4)20(16(14)3)27(25,26)23-10-8-22(9-11-23)19(24)13-18-6-5-7-21-18;/h12,18,21H,5-11,13H2,1-4H3;1H. The second kappa shape index (κ2) is 9.11. The van der Waals surface area contributed by atoms with Gasteiger partial charge in [0.25, 0.3) is 0 Å². The summed E-state index contributed by atoms with van der Waals surface area (Å²) < 4.78 is 28.1. The van der Waals surface area contributed by atoms with Gasteiger partial charge in [-0.1, -0.05) is 6.07 Å². The van der Waals surface area contributed by atoms with Crippen LogP contribution < -0.4 is 5.32 Å². The first-order valence-electron chi connectivity index (χ1n) is 9.80. The van der Waals surface area contributed by atoms with E-state index in [1.807, 2.05) is 38.7 Å². The molecule has 158 valence electrons. The molecular weight excluding hydrogens is 398 g/mol. The minimum absolute atomic E-state index is 0. The van der Waals surface area contributed by atoms with E-state index in [0.29, 0.717) is 37.5 Å². The number of carbonyl (C=O) groups excluding carboxylic acids is 1. The molecular formula is C20H32ClN3O3S. The van der Waals surface area contributed by atoms with Crippen molar-refractivity contribution in [3.8, 4) is 0 Å². The van der Waals surface area contributed by atoms with Crippen LogP contribution in [-0.4, -0.2) is 62.3 Å². The maximum atomic E-state index is 13.3. The predicted molar refractivity (Wildman–Crippen MR) is 114 cm³/mol. The second-order valence-electron chi connectivity index (χ2n) is 7.87. The molecule has 2 saturated heterocycles. The third kappa shape index (κ3) is 4.53. The fourth-order valence-corrected chi connectivity index (χ4v) is 6.14. The molecule has 0 aliphatic carbocycles. The van der Waals surface area contributed by atoms with Crippen LogP contribution in [-0.2, 0) is 14.8 Å². The number of carbonyl (C=O) groups is 1. The number of hydrogen-bond acceptors (Lipinski definition) is 4. The summed E-state index contributed by atoms with van der Waals surface area (Å²) in [5.74, 6) is 0.130. The second-order valence-corrected chi connectivity index (χ2v) is 9.75. The van der Waals surface area contributed by atoms with Crippen molar-refractivity contribution in [2.45, 2.75) is 57.9 Å². The van der Waals surface area contributed by atoms with Crippen LogP contribution in [0.25, 0.3) is 0 Å². The first-order chi connectivity index (χ1) is 12.7. The van der Waals surface area contributed by atoms with Gasteiger partial charge >= 0.3 is 0 Å². The van der Waals surface area contributed by atoms with Crippen LogP contribution in [0.15, 0.2) is 11.0 Å². The molecule has 2 aliphatic heterocycles. The van der Waals surface area contributed by atoms with E-state index in [4.69, 9.17) is 0 Å². The normalized spacial score (nSPS) is 20.9. The van der Waals surface area contributed by atoms with E-state index >= 15 is 0 Å². The number of halogens is 1. The van der Waals surface area contributed by atoms with Gasteiger partial charge < -0.3 is 10.2 Å². The molecule has 2 fully saturated rings. The Kier molecular flexibility index (Phi) is 7.53. The fraction of sp³-hybridized carbons (Fsp3) is 0.650. The van der Waals surface area contributed by atoms with Crippen LogP contribution in [0, 0.1) is 27.7 Å². The third-order valence-electron chi connectivity index (χ3n) is 6.07. The van der Waals surface area contributed by atoms with E-state index in [2.05, 4.69) is 5.32 Å². The van der Waals surface area contributed by atoms with Crippen molar-refractivity contribution in [1.29, 1.82) is 0 Å². The van der Waals surface area contributed by atoms with Crippen molar-refractivity contribution in [1.82, 2.24) is 14.5 Å². The monoisotopic (exact) mass is 429 g/mol. The van der Waals surface area contributed by atoms with Gasteiger partial charge in [0.1, 0.15) is 0 Å². The van der Waals surface area contributed by atoms with Crippen molar-refractivity contribution in [3.05, 3.63) is 28.3 Å². The van der Waals surface area contributed by atoms with E-state index in [1.54, 1.807) is 4.31 Å². The Bertz CT molecular complexity index is 801. The molecule has 0 radical (unpaired) electrons. The Morgan fingerprint density at radius 2 is 1.64 bits per heavy atom. The molecule has 1 atom stereocenters. The molecule has 1 amide bonds. The summed E-state index contributed by atoms with van der Waals surface area (Å²) in [5, 5.41) is 3.35. The number of piperazine rings is 1. The summed E-state index contributed by atoms with van der Waals surface area (Å²) in [4.78, 5) is 14.7. The number of hydrogen-bond donors (Lipinski definition) is 1. The lowest BCUT2D eigenvalue weighted by atomic mass is 10.0. The Balaban J connectivity index is 0.00000280. The van der Waals surface area contributed by atoms with E-state index in [9.17, 15) is 13.2 Å². The van der Waals surface area contributed by atoms with Gasteiger partial charge in [-0.25, -0.2) is 8.42 Å². The minimum atomic E-state index is -3.56. The molecule has 0 saturated carbocycles. The number of nitrogens with one attached hydrogen (secondary N) is 1. The molecule has 1 N–H and O–H groups in total. The molecule has 1 unspecified atom stereocenters. The Hall–Kier alpha value is -1.15. The van der Waals surface area contributed by atoms with Gasteiger partial charge in [0.2, 0.25) is 15.9 Å². The molecule has 8 heteroatoms. The molecule has 2 aliphatic rings. The minimum Gasteiger partial charge on any atom is -0.340 e. The number of nitrogens with zero attached hydrogens (tertiary/aromatic N) is 2. The molecule has 0 bridgehead atoms. The van der Waals surface area contributed by atoms with E-state index in [1.165, 1.54) is 0 Å². The Labute approximate surface area is 175 Å². The number of amides is 1. The van der Waals surface area contributed by atoms with Gasteiger partial charge in [-0.3, -0.25) is 4.79 Å². The summed E-state index contributed by atoms with van der Waals surface area (Å²) in [7, 11) is -3.56. The van der Waals surface area contributed by atoms with Crippen LogP contribution in [0.1, 0.15) is 41.5 Å². The van der Waals surface area contributed by atoms with Crippen LogP contribution in [0.5, 0.6) is 0 Å². The highest BCUT2D eigenvalue weighted by molar-refractivity contribution is 7.89. The third-order valence-corrected chi connectivity index (χ3v) is 8.24. The summed E-state index contributed by atoms with van der Waals surface area (Å²) in [6, 6.07) is 2.32. The first kappa shape index (κ1) is 23.1. The summed E-state index contributed by atoms with van der Waals surface area (Å²) in [6.07, 6.45) is 2.69. The maximum Gasteiger partial charge on any atom is 0.243 e. The average Bonchev–Trinajstić information content (AvgIpc) is 3.13. The Morgan fingerprint density at radius 3 is 2.14 bits per heavy atom. The molecule has 3 rings (SSSR count). The van der Waals surface area contributed by atoms with Crippen LogP contribution in [0.3, 0.4) is 0 Å². The lowest BCUT2D eigenvalue weighted by Crippen LogP contribution is -2.51. The first-order valence-corrected chi connectivity index (χ1v) is 11.2. The van der Waals surface area contributed by atoms with Crippen molar-refractivity contribution in [2.24, 2.45) is 0 Å². The zero-order valence-corrected chi connectivity index (χ0v) is 18.9. The van der Waals surface area contributed by atoms with Crippen LogP contribution in [0.4, 0.5) is 0 Å². The maximum absolute atomic E-state index is 13.3. The zero-order chi connectivity index (χ0) is 19.8. The average molecular weight is 430 g/mol. The number of rotatable bonds is 4. The van der Waals surface area contributed by atoms with Crippen molar-refractivity contribution < 1.29 is 13.2 Å². The molecule has 1 aromatic carbocycles. The van der Waals surface area contributed by atoms with E-state index < -0.39 is 10.0 Å². The highest BCUT2D eigenvalue weighted by atomic mass is 35.5. The SMILES string of the molecule is Cc1cc(C)c(C)c(S(=O)(=O)N2CCN(C(=O)CC3CCCN3)CC2)c1C.Cl. The van der Waals surface area contributed by atoms with Crippen LogP contribution >= 0.6 is 12.4 Å². The molecule has 0 spiro atoms. The van der Waals surface area contributed by atoms with Gasteiger partial charge in [-0.15, -0.1) is 12.4 Å². The lowest BCUT2D eigenvalue weighted by Gasteiger charge is -2.35. The summed E-state index contributed by atoms with van der Waals surface area (Å²) >= 11 is 0. The highest BCUT2D eigenvalue weighted by Gasteiger charge is 2.33. The predicted octanol–water partition coefficient (Wildman–Crippen LogP) is 2.32. The van der Waals surface area contributed by atoms with Crippen LogP contribution in [0.2, 0.25) is 0 Å². The van der Waals surface area contributed by atoms with Gasteiger partial charge in [0, 0.05) is 38.6 Å². The molecule has 2 heterocycles. The summed E-state index contributed by atoms with van der Waals surface area (Å²) in [5.41, 5.74) is 3.64. The topological polar surface area (TPSA) is 69.7 Å². The zero-order valence-electron chi connectivity index (χ0n) is 17.2. The largest absolute Gasteiger partial charge is 0.340 e. The van der Waals surface area contributed by atoms with Crippen molar-refractivity contribution in [2.75, 3.05) is 32.7 Å². The van der Waals surface area contributed by atoms with E-state index in [-0.39, 0.29) is 24.4 Å². The number of benzene rings is 1. The highest BCUT2D eigenvalue weighted by Crippen LogP contribution is 2.29. The van der Waals surface area contributed by atoms with Gasteiger partial charge in [0.15, 0.2) is 0 Å². The van der Waals surface area contributed by atoms with Gasteiger partial charge in [0.05, 0.1) is 4.90 Å². The molecule has 0 aromatic heterocycles. The van der Waals surface area contributed by atoms with Gasteiger partial charge in [-0.05, 0) is 69.3 Å². The van der Waals surface area contributed by atoms with Crippen molar-refractivity contribution >= 4 is 28.3 Å². The Morgan fingerprint density at radius 1 is 1.07 bits per heavy atom. The summed E-state index contributed by atoms with van der Waals surface area (Å²) in [6.45, 7) is 10.3. The quantitative estimate of drug-likeness (QED) is 0.797. The van der Waals surface area contributed by atoms with E-state index in [0.717, 1.165) is 41.6 Å². The number of aryl methyl sites for hydroxylation is 2.